The normalized spacial score (nSPS) is 13.0. The van der Waals surface area contributed by atoms with Crippen molar-refractivity contribution in [1.82, 2.24) is 5.32 Å². The maximum absolute atomic E-state index is 10.1. The van der Waals surface area contributed by atoms with Crippen LogP contribution >= 0.6 is 0 Å². The molecule has 0 aromatic heterocycles. The lowest BCUT2D eigenvalue weighted by Gasteiger charge is -2.05. The number of hydrogen-bond acceptors (Lipinski definition) is 4. The highest BCUT2D eigenvalue weighted by molar-refractivity contribution is 5.75. The molecule has 0 saturated carbocycles. The van der Waals surface area contributed by atoms with Crippen molar-refractivity contribution < 1.29 is 15.0 Å². The Morgan fingerprint density at radius 1 is 1.70 bits per heavy atom. The summed E-state index contributed by atoms with van der Waals surface area (Å²) in [4.78, 5) is 10.1. The zero-order chi connectivity index (χ0) is 7.98. The molecular weight excluding hydrogens is 136 g/mol. The molecule has 60 valence electrons. The zero-order valence-corrected chi connectivity index (χ0v) is 5.58. The molecule has 0 aliphatic heterocycles. The maximum atomic E-state index is 10.1. The lowest BCUT2D eigenvalue weighted by Crippen LogP contribution is -2.35. The van der Waals surface area contributed by atoms with Crippen LogP contribution in [0.1, 0.15) is 0 Å². The number of nitrogens with two attached hydrogens (primary N) is 1. The molecule has 0 bridgehead atoms. The van der Waals surface area contributed by atoms with Crippen LogP contribution in [-0.4, -0.2) is 41.9 Å². The molecule has 0 heterocycles. The molecule has 0 rings (SSSR count). The number of rotatable bonds is 5. The Hall–Kier alpha value is -0.650. The minimum Gasteiger partial charge on any atom is -0.394 e. The third-order valence-electron chi connectivity index (χ3n) is 0.890. The van der Waals surface area contributed by atoms with Gasteiger partial charge in [0.2, 0.25) is 5.91 Å². The highest BCUT2D eigenvalue weighted by Crippen LogP contribution is 1.74. The third kappa shape index (κ3) is 5.49. The largest absolute Gasteiger partial charge is 0.394 e. The first kappa shape index (κ1) is 9.35. The Balaban J connectivity index is 3.11. The van der Waals surface area contributed by atoms with Crippen molar-refractivity contribution in [3.05, 3.63) is 0 Å². The van der Waals surface area contributed by atoms with Crippen molar-refractivity contribution in [2.45, 2.75) is 6.10 Å². The lowest BCUT2D eigenvalue weighted by atomic mass is 10.4. The number of primary amides is 1. The Bertz CT molecular complexity index is 107. The first-order valence-electron chi connectivity index (χ1n) is 2.94. The highest BCUT2D eigenvalue weighted by atomic mass is 16.3. The summed E-state index contributed by atoms with van der Waals surface area (Å²) in [6, 6.07) is 0. The molecule has 0 aromatic carbocycles. The minimum absolute atomic E-state index is 0.0249. The second kappa shape index (κ2) is 5.16. The van der Waals surface area contributed by atoms with E-state index in [0.717, 1.165) is 0 Å². The second-order valence-corrected chi connectivity index (χ2v) is 1.93. The van der Waals surface area contributed by atoms with Crippen LogP contribution in [-0.2, 0) is 4.79 Å². The number of aliphatic hydroxyl groups is 2. The van der Waals surface area contributed by atoms with Crippen LogP contribution in [0.15, 0.2) is 0 Å². The number of amides is 1. The summed E-state index contributed by atoms with van der Waals surface area (Å²) in [6.45, 7) is -0.109. The van der Waals surface area contributed by atoms with Crippen LogP contribution in [0.25, 0.3) is 0 Å². The van der Waals surface area contributed by atoms with Gasteiger partial charge >= 0.3 is 0 Å². The molecule has 0 spiro atoms. The molecular formula is C5H12N2O3. The van der Waals surface area contributed by atoms with Crippen LogP contribution < -0.4 is 11.1 Å². The van der Waals surface area contributed by atoms with E-state index < -0.39 is 12.0 Å². The number of aliphatic hydroxyl groups excluding tert-OH is 2. The van der Waals surface area contributed by atoms with E-state index in [1.165, 1.54) is 0 Å². The SMILES string of the molecule is NC(=O)CNCC(O)CO. The molecule has 1 amide bonds. The summed E-state index contributed by atoms with van der Waals surface area (Å²) in [5.41, 5.74) is 4.77. The van der Waals surface area contributed by atoms with Gasteiger partial charge in [0.05, 0.1) is 19.3 Å². The standard InChI is InChI=1S/C5H12N2O3/c6-5(10)2-7-1-4(9)3-8/h4,7-9H,1-3H2,(H2,6,10). The van der Waals surface area contributed by atoms with Gasteiger partial charge < -0.3 is 21.3 Å². The molecule has 0 fully saturated rings. The minimum atomic E-state index is -0.820. The van der Waals surface area contributed by atoms with E-state index in [1.54, 1.807) is 0 Å². The van der Waals surface area contributed by atoms with Crippen molar-refractivity contribution in [3.63, 3.8) is 0 Å². The fraction of sp³-hybridized carbons (Fsp3) is 0.800. The Labute approximate surface area is 58.8 Å². The molecule has 1 atom stereocenters. The van der Waals surface area contributed by atoms with Crippen LogP contribution in [0.4, 0.5) is 0 Å². The fourth-order valence-corrected chi connectivity index (χ4v) is 0.427. The van der Waals surface area contributed by atoms with E-state index in [0.29, 0.717) is 0 Å². The fourth-order valence-electron chi connectivity index (χ4n) is 0.427. The van der Waals surface area contributed by atoms with Gasteiger partial charge in [0.15, 0.2) is 0 Å². The van der Waals surface area contributed by atoms with Crippen LogP contribution in [0.5, 0.6) is 0 Å². The molecule has 5 N–H and O–H groups in total. The quantitative estimate of drug-likeness (QED) is 0.344. The van der Waals surface area contributed by atoms with Crippen molar-refractivity contribution >= 4 is 5.91 Å². The Morgan fingerprint density at radius 2 is 2.30 bits per heavy atom. The highest BCUT2D eigenvalue weighted by Gasteiger charge is 2.00. The zero-order valence-electron chi connectivity index (χ0n) is 5.58. The summed E-state index contributed by atoms with van der Waals surface area (Å²) in [5.74, 6) is -0.481. The number of nitrogens with one attached hydrogen (secondary N) is 1. The van der Waals surface area contributed by atoms with Gasteiger partial charge in [-0.05, 0) is 0 Å². The smallest absolute Gasteiger partial charge is 0.231 e. The average Bonchev–Trinajstić information content (AvgIpc) is 1.87. The van der Waals surface area contributed by atoms with Gasteiger partial charge in [0.1, 0.15) is 0 Å². The monoisotopic (exact) mass is 148 g/mol. The van der Waals surface area contributed by atoms with Crippen LogP contribution in [0.3, 0.4) is 0 Å². The molecule has 5 nitrogen and oxygen atoms in total. The summed E-state index contributed by atoms with van der Waals surface area (Å²) < 4.78 is 0. The van der Waals surface area contributed by atoms with E-state index in [9.17, 15) is 4.79 Å². The topological polar surface area (TPSA) is 95.6 Å². The molecule has 5 heteroatoms. The van der Waals surface area contributed by atoms with E-state index >= 15 is 0 Å². The van der Waals surface area contributed by atoms with Gasteiger partial charge in [0.25, 0.3) is 0 Å². The van der Waals surface area contributed by atoms with Crippen molar-refractivity contribution in [2.75, 3.05) is 19.7 Å². The Morgan fingerprint density at radius 3 is 2.70 bits per heavy atom. The predicted molar refractivity (Wildman–Crippen MR) is 35.2 cm³/mol. The molecule has 0 radical (unpaired) electrons. The second-order valence-electron chi connectivity index (χ2n) is 1.93. The summed E-state index contributed by atoms with van der Waals surface area (Å²) in [7, 11) is 0. The van der Waals surface area contributed by atoms with Gasteiger partial charge in [-0.1, -0.05) is 0 Å². The summed E-state index contributed by atoms with van der Waals surface area (Å²) >= 11 is 0. The molecule has 0 saturated heterocycles. The van der Waals surface area contributed by atoms with Gasteiger partial charge in [-0.25, -0.2) is 0 Å². The van der Waals surface area contributed by atoms with Gasteiger partial charge in [0, 0.05) is 6.54 Å². The van der Waals surface area contributed by atoms with Crippen molar-refractivity contribution in [2.24, 2.45) is 5.73 Å². The molecule has 1 unspecified atom stereocenters. The van der Waals surface area contributed by atoms with Crippen molar-refractivity contribution in [1.29, 1.82) is 0 Å². The van der Waals surface area contributed by atoms with E-state index in [4.69, 9.17) is 15.9 Å². The first-order chi connectivity index (χ1) is 4.66. The number of carbonyl (C=O) groups excluding carboxylic acids is 1. The number of carbonyl (C=O) groups is 1. The molecule has 10 heavy (non-hydrogen) atoms. The van der Waals surface area contributed by atoms with Gasteiger partial charge in [-0.2, -0.15) is 0 Å². The Kier molecular flexibility index (Phi) is 4.82. The lowest BCUT2D eigenvalue weighted by molar-refractivity contribution is -0.117. The molecule has 0 aliphatic carbocycles. The maximum Gasteiger partial charge on any atom is 0.231 e. The van der Waals surface area contributed by atoms with Gasteiger partial charge in [-0.3, -0.25) is 4.79 Å². The third-order valence-corrected chi connectivity index (χ3v) is 0.890. The summed E-state index contributed by atoms with van der Waals surface area (Å²) in [5, 5.41) is 19.6. The van der Waals surface area contributed by atoms with E-state index in [-0.39, 0.29) is 19.7 Å². The van der Waals surface area contributed by atoms with Crippen LogP contribution in [0, 0.1) is 0 Å². The predicted octanol–water partition coefficient (Wildman–Crippen LogP) is -2.59. The average molecular weight is 148 g/mol. The van der Waals surface area contributed by atoms with E-state index in [2.05, 4.69) is 5.32 Å². The van der Waals surface area contributed by atoms with Crippen molar-refractivity contribution in [3.8, 4) is 0 Å². The van der Waals surface area contributed by atoms with Crippen LogP contribution in [0.2, 0.25) is 0 Å². The number of hydrogen-bond donors (Lipinski definition) is 4. The molecule has 0 aliphatic rings. The van der Waals surface area contributed by atoms with Gasteiger partial charge in [-0.15, -0.1) is 0 Å². The first-order valence-corrected chi connectivity index (χ1v) is 2.94. The molecule has 0 aromatic rings. The van der Waals surface area contributed by atoms with E-state index in [1.807, 2.05) is 0 Å². The summed E-state index contributed by atoms with van der Waals surface area (Å²) in [6.07, 6.45) is -0.820.